The smallest absolute Gasteiger partial charge is 0.239 e. The minimum atomic E-state index is -0.449. The van der Waals surface area contributed by atoms with Crippen molar-refractivity contribution in [3.8, 4) is 0 Å². The second-order valence-corrected chi connectivity index (χ2v) is 11.3. The van der Waals surface area contributed by atoms with Crippen molar-refractivity contribution in [1.29, 1.82) is 0 Å². The molecular weight excluding hydrogens is 458 g/mol. The van der Waals surface area contributed by atoms with Gasteiger partial charge in [0.2, 0.25) is 5.91 Å². The van der Waals surface area contributed by atoms with Gasteiger partial charge >= 0.3 is 0 Å². The van der Waals surface area contributed by atoms with Crippen molar-refractivity contribution in [3.63, 3.8) is 0 Å². The molecule has 3 aliphatic rings. The molecule has 0 spiro atoms. The van der Waals surface area contributed by atoms with Crippen molar-refractivity contribution in [1.82, 2.24) is 5.32 Å². The van der Waals surface area contributed by atoms with Crippen LogP contribution in [0.3, 0.4) is 0 Å². The van der Waals surface area contributed by atoms with Crippen molar-refractivity contribution in [2.75, 3.05) is 16.8 Å². The quantitative estimate of drug-likeness (QED) is 0.519. The lowest BCUT2D eigenvalue weighted by atomic mass is 9.73. The topological polar surface area (TPSA) is 61.4 Å². The van der Waals surface area contributed by atoms with Crippen LogP contribution in [0.15, 0.2) is 59.8 Å². The number of rotatable bonds is 4. The normalized spacial score (nSPS) is 22.1. The molecule has 5 nitrogen and oxygen atoms in total. The zero-order valence-corrected chi connectivity index (χ0v) is 21.3. The Hall–Kier alpha value is -2.79. The van der Waals surface area contributed by atoms with E-state index < -0.39 is 6.04 Å². The lowest BCUT2D eigenvalue weighted by molar-refractivity contribution is -0.121. The summed E-state index contributed by atoms with van der Waals surface area (Å²) in [4.78, 5) is 29.2. The van der Waals surface area contributed by atoms with Crippen molar-refractivity contribution < 1.29 is 9.59 Å². The van der Waals surface area contributed by atoms with Crippen LogP contribution in [0.2, 0.25) is 5.02 Å². The van der Waals surface area contributed by atoms with E-state index in [1.54, 1.807) is 0 Å². The third-order valence-corrected chi connectivity index (χ3v) is 7.83. The number of carbonyl (C=O) groups is 2. The summed E-state index contributed by atoms with van der Waals surface area (Å²) in [5, 5.41) is 7.46. The Morgan fingerprint density at radius 1 is 1.06 bits per heavy atom. The van der Waals surface area contributed by atoms with E-state index in [4.69, 9.17) is 11.6 Å². The molecule has 6 heteroatoms. The van der Waals surface area contributed by atoms with E-state index in [1.807, 2.05) is 48.5 Å². The third-order valence-electron chi connectivity index (χ3n) is 7.49. The maximum Gasteiger partial charge on any atom is 0.239 e. The summed E-state index contributed by atoms with van der Waals surface area (Å²) in [6, 6.07) is 15.5. The van der Waals surface area contributed by atoms with Gasteiger partial charge in [-0.05, 0) is 48.4 Å². The van der Waals surface area contributed by atoms with Crippen LogP contribution in [0.5, 0.6) is 0 Å². The first-order valence-electron chi connectivity index (χ1n) is 12.8. The van der Waals surface area contributed by atoms with Gasteiger partial charge < -0.3 is 15.5 Å². The van der Waals surface area contributed by atoms with Gasteiger partial charge in [0.1, 0.15) is 0 Å². The molecule has 5 rings (SSSR count). The maximum atomic E-state index is 13.7. The average Bonchev–Trinajstić information content (AvgIpc) is 2.94. The predicted molar refractivity (Wildman–Crippen MR) is 142 cm³/mol. The number of ketones is 1. The van der Waals surface area contributed by atoms with E-state index in [2.05, 4.69) is 29.4 Å². The lowest BCUT2D eigenvalue weighted by Crippen LogP contribution is -2.45. The molecule has 0 aromatic heterocycles. The number of hydrogen-bond donors (Lipinski definition) is 2. The summed E-state index contributed by atoms with van der Waals surface area (Å²) in [7, 11) is 0. The predicted octanol–water partition coefficient (Wildman–Crippen LogP) is 6.41. The minimum Gasteiger partial charge on any atom is -0.357 e. The van der Waals surface area contributed by atoms with E-state index in [0.717, 1.165) is 60.3 Å². The summed E-state index contributed by atoms with van der Waals surface area (Å²) >= 11 is 6.75. The minimum absolute atomic E-state index is 0.0172. The first-order valence-corrected chi connectivity index (χ1v) is 13.1. The number of benzene rings is 2. The third kappa shape index (κ3) is 4.97. The molecule has 0 radical (unpaired) electrons. The largest absolute Gasteiger partial charge is 0.357 e. The summed E-state index contributed by atoms with van der Waals surface area (Å²) in [6.45, 7) is 4.42. The molecule has 1 unspecified atom stereocenters. The van der Waals surface area contributed by atoms with Gasteiger partial charge in [-0.3, -0.25) is 9.59 Å². The second kappa shape index (κ2) is 9.69. The van der Waals surface area contributed by atoms with Gasteiger partial charge in [-0.25, -0.2) is 0 Å². The van der Waals surface area contributed by atoms with E-state index in [1.165, 1.54) is 6.42 Å². The maximum absolute atomic E-state index is 13.7. The Labute approximate surface area is 212 Å². The number of Topliss-reactive ketones (excluding diaryl/α,β-unsaturated/α-hetero) is 1. The van der Waals surface area contributed by atoms with Gasteiger partial charge in [0, 0.05) is 28.8 Å². The van der Waals surface area contributed by atoms with Gasteiger partial charge in [-0.15, -0.1) is 0 Å². The number of allylic oxidation sites excluding steroid dienone is 1. The van der Waals surface area contributed by atoms with Crippen LogP contribution in [-0.4, -0.2) is 24.3 Å². The Morgan fingerprint density at radius 2 is 1.77 bits per heavy atom. The summed E-state index contributed by atoms with van der Waals surface area (Å²) < 4.78 is 0. The van der Waals surface area contributed by atoms with E-state index in [-0.39, 0.29) is 29.7 Å². The molecule has 184 valence electrons. The molecule has 1 aliphatic heterocycles. The Bertz CT molecular complexity index is 1170. The number of nitrogens with zero attached hydrogens (tertiary/aromatic N) is 1. The molecule has 0 bridgehead atoms. The van der Waals surface area contributed by atoms with Crippen LogP contribution in [0.1, 0.15) is 70.4 Å². The fourth-order valence-corrected chi connectivity index (χ4v) is 6.16. The molecule has 2 aromatic carbocycles. The molecule has 0 saturated heterocycles. The first-order chi connectivity index (χ1) is 16.8. The zero-order chi connectivity index (χ0) is 24.6. The fourth-order valence-electron chi connectivity index (χ4n) is 5.92. The Morgan fingerprint density at radius 3 is 2.54 bits per heavy atom. The highest BCUT2D eigenvalue weighted by Crippen LogP contribution is 2.49. The highest BCUT2D eigenvalue weighted by Gasteiger charge is 2.42. The monoisotopic (exact) mass is 491 g/mol. The number of fused-ring (bicyclic) bond motifs is 1. The molecule has 2 N–H and O–H groups in total. The van der Waals surface area contributed by atoms with Crippen molar-refractivity contribution in [2.24, 2.45) is 5.41 Å². The average molecular weight is 492 g/mol. The fraction of sp³-hybridized carbons (Fsp3) is 0.448. The molecule has 35 heavy (non-hydrogen) atoms. The number of hydrogen-bond acceptors (Lipinski definition) is 4. The van der Waals surface area contributed by atoms with Crippen molar-refractivity contribution >= 4 is 34.7 Å². The molecular formula is C29H34ClN3O2. The first kappa shape index (κ1) is 23.9. The van der Waals surface area contributed by atoms with E-state index in [9.17, 15) is 9.59 Å². The number of nitrogens with one attached hydrogen (secondary N) is 2. The highest BCUT2D eigenvalue weighted by molar-refractivity contribution is 6.31. The lowest BCUT2D eigenvalue weighted by Gasteiger charge is -2.38. The van der Waals surface area contributed by atoms with Crippen LogP contribution < -0.4 is 15.5 Å². The van der Waals surface area contributed by atoms with E-state index >= 15 is 0 Å². The van der Waals surface area contributed by atoms with E-state index in [0.29, 0.717) is 11.4 Å². The standard InChI is InChI=1S/C29H34ClN3O2/c1-29(2)16-23-27(25(34)17-29)28(20-12-6-7-13-21(20)30)33(24-15-9-8-14-22(24)32-23)18-26(35)31-19-10-4-3-5-11-19/h6-9,12-15,19,28,32H,3-5,10-11,16-18H2,1-2H3,(H,31,35). The number of halogens is 1. The summed E-state index contributed by atoms with van der Waals surface area (Å²) in [5.41, 5.74) is 4.16. The van der Waals surface area contributed by atoms with Gasteiger partial charge in [-0.1, -0.05) is 75.0 Å². The number of carbonyl (C=O) groups excluding carboxylic acids is 2. The molecule has 1 saturated carbocycles. The van der Waals surface area contributed by atoms with Gasteiger partial charge in [0.15, 0.2) is 5.78 Å². The van der Waals surface area contributed by atoms with Crippen LogP contribution in [-0.2, 0) is 9.59 Å². The van der Waals surface area contributed by atoms with Crippen LogP contribution in [0, 0.1) is 5.41 Å². The van der Waals surface area contributed by atoms with Gasteiger partial charge in [-0.2, -0.15) is 0 Å². The molecule has 2 aromatic rings. The molecule has 1 amide bonds. The highest BCUT2D eigenvalue weighted by atomic mass is 35.5. The summed E-state index contributed by atoms with van der Waals surface area (Å²) in [5.74, 6) is 0.0931. The second-order valence-electron chi connectivity index (χ2n) is 10.9. The number of anilines is 2. The number of amides is 1. The zero-order valence-electron chi connectivity index (χ0n) is 20.6. The number of para-hydroxylation sites is 2. The van der Waals surface area contributed by atoms with Gasteiger partial charge in [0.05, 0.1) is 24.0 Å². The van der Waals surface area contributed by atoms with Crippen LogP contribution in [0.25, 0.3) is 0 Å². The van der Waals surface area contributed by atoms with Crippen LogP contribution in [0.4, 0.5) is 11.4 Å². The molecule has 1 fully saturated rings. The van der Waals surface area contributed by atoms with Crippen molar-refractivity contribution in [3.05, 3.63) is 70.4 Å². The Balaban J connectivity index is 1.62. The summed E-state index contributed by atoms with van der Waals surface area (Å²) in [6.07, 6.45) is 6.83. The van der Waals surface area contributed by atoms with Crippen LogP contribution >= 0.6 is 11.6 Å². The Kier molecular flexibility index (Phi) is 6.63. The SMILES string of the molecule is CC1(C)CC(=O)C2=C(C1)Nc1ccccc1N(CC(=O)NC1CCCCC1)C2c1ccccc1Cl. The molecule has 1 heterocycles. The van der Waals surface area contributed by atoms with Crippen molar-refractivity contribution in [2.45, 2.75) is 70.9 Å². The molecule has 2 aliphatic carbocycles. The molecule has 1 atom stereocenters. The van der Waals surface area contributed by atoms with Gasteiger partial charge in [0.25, 0.3) is 0 Å².